The van der Waals surface area contributed by atoms with E-state index in [0.29, 0.717) is 0 Å². The standard InChI is InChI=1S/C7H14NOSe/c1-2-3-4-8-7(5-9)6-10/h5,7-8H,2-4,6H2,1H3/t7-/m1/s1. The van der Waals surface area contributed by atoms with Gasteiger partial charge in [-0.3, -0.25) is 0 Å². The van der Waals surface area contributed by atoms with E-state index in [1.54, 1.807) is 0 Å². The molecule has 0 unspecified atom stereocenters. The summed E-state index contributed by atoms with van der Waals surface area (Å²) in [6.07, 6.45) is 3.27. The molecule has 0 fully saturated rings. The van der Waals surface area contributed by atoms with E-state index in [1.807, 2.05) is 0 Å². The molecule has 10 heavy (non-hydrogen) atoms. The van der Waals surface area contributed by atoms with Gasteiger partial charge in [0.15, 0.2) is 0 Å². The molecular weight excluding hydrogens is 193 g/mol. The summed E-state index contributed by atoms with van der Waals surface area (Å²) in [6.45, 7) is 3.08. The molecule has 0 rings (SSSR count). The summed E-state index contributed by atoms with van der Waals surface area (Å²) in [7, 11) is 0. The monoisotopic (exact) mass is 208 g/mol. The predicted molar refractivity (Wildman–Crippen MR) is 43.3 cm³/mol. The van der Waals surface area contributed by atoms with E-state index in [9.17, 15) is 4.79 Å². The van der Waals surface area contributed by atoms with Crippen LogP contribution in [-0.4, -0.2) is 34.9 Å². The van der Waals surface area contributed by atoms with Gasteiger partial charge in [-0.1, -0.05) is 0 Å². The molecule has 0 aromatic rings. The maximum atomic E-state index is 10.2. The average molecular weight is 207 g/mol. The van der Waals surface area contributed by atoms with Crippen molar-refractivity contribution in [3.05, 3.63) is 0 Å². The van der Waals surface area contributed by atoms with Crippen LogP contribution in [0.3, 0.4) is 0 Å². The molecule has 0 aromatic carbocycles. The van der Waals surface area contributed by atoms with E-state index < -0.39 is 0 Å². The Kier molecular flexibility index (Phi) is 7.37. The van der Waals surface area contributed by atoms with Gasteiger partial charge >= 0.3 is 70.1 Å². The van der Waals surface area contributed by atoms with Gasteiger partial charge in [0.05, 0.1) is 0 Å². The van der Waals surface area contributed by atoms with Crippen LogP contribution < -0.4 is 5.32 Å². The van der Waals surface area contributed by atoms with E-state index in [-0.39, 0.29) is 6.04 Å². The number of hydrogen-bond donors (Lipinski definition) is 1. The van der Waals surface area contributed by atoms with Gasteiger partial charge in [-0.15, -0.1) is 0 Å². The van der Waals surface area contributed by atoms with E-state index in [1.165, 1.54) is 6.42 Å². The summed E-state index contributed by atoms with van der Waals surface area (Å²) < 4.78 is 0. The Morgan fingerprint density at radius 1 is 1.70 bits per heavy atom. The second kappa shape index (κ2) is 7.26. The Hall–Kier alpha value is 0.149. The molecule has 0 aromatic heterocycles. The summed E-state index contributed by atoms with van der Waals surface area (Å²) in [5.41, 5.74) is 0. The quantitative estimate of drug-likeness (QED) is 0.391. The Balaban J connectivity index is 3.17. The number of unbranched alkanes of at least 4 members (excludes halogenated alkanes) is 1. The molecule has 1 radical (unpaired) electrons. The maximum absolute atomic E-state index is 10.2. The number of carbonyl (C=O) groups is 1. The van der Waals surface area contributed by atoms with Crippen molar-refractivity contribution in [2.45, 2.75) is 31.1 Å². The minimum atomic E-state index is 0.0200. The first-order chi connectivity index (χ1) is 4.85. The van der Waals surface area contributed by atoms with Crippen LogP contribution in [0.15, 0.2) is 0 Å². The van der Waals surface area contributed by atoms with Crippen LogP contribution in [0.2, 0.25) is 5.32 Å². The molecule has 0 heterocycles. The Morgan fingerprint density at radius 2 is 2.40 bits per heavy atom. The molecule has 3 heteroatoms. The summed E-state index contributed by atoms with van der Waals surface area (Å²) in [6, 6.07) is 0.0200. The van der Waals surface area contributed by atoms with Crippen LogP contribution in [-0.2, 0) is 4.79 Å². The van der Waals surface area contributed by atoms with Crippen molar-refractivity contribution >= 4 is 22.3 Å². The first-order valence-corrected chi connectivity index (χ1v) is 4.83. The van der Waals surface area contributed by atoms with Crippen molar-refractivity contribution in [3.8, 4) is 0 Å². The van der Waals surface area contributed by atoms with Crippen molar-refractivity contribution in [1.82, 2.24) is 5.32 Å². The van der Waals surface area contributed by atoms with Crippen molar-refractivity contribution in [2.75, 3.05) is 6.54 Å². The summed E-state index contributed by atoms with van der Waals surface area (Å²) in [5, 5.41) is 3.89. The van der Waals surface area contributed by atoms with E-state index >= 15 is 0 Å². The van der Waals surface area contributed by atoms with Gasteiger partial charge in [0.1, 0.15) is 0 Å². The van der Waals surface area contributed by atoms with E-state index in [4.69, 9.17) is 0 Å². The predicted octanol–water partition coefficient (Wildman–Crippen LogP) is 0.530. The van der Waals surface area contributed by atoms with Crippen molar-refractivity contribution in [3.63, 3.8) is 0 Å². The number of rotatable bonds is 6. The number of aldehydes is 1. The van der Waals surface area contributed by atoms with Crippen LogP contribution in [0.4, 0.5) is 0 Å². The molecule has 0 aliphatic carbocycles. The second-order valence-corrected chi connectivity index (χ2v) is 2.92. The molecule has 1 N–H and O–H groups in total. The van der Waals surface area contributed by atoms with Crippen molar-refractivity contribution in [1.29, 1.82) is 0 Å². The summed E-state index contributed by atoms with van der Waals surface area (Å²) >= 11 is 2.83. The van der Waals surface area contributed by atoms with Crippen molar-refractivity contribution in [2.24, 2.45) is 0 Å². The van der Waals surface area contributed by atoms with Gasteiger partial charge in [0, 0.05) is 0 Å². The molecule has 0 spiro atoms. The minimum absolute atomic E-state index is 0.0200. The molecule has 0 amide bonds. The molecule has 0 saturated heterocycles. The average Bonchev–Trinajstić information content (AvgIpc) is 1.99. The van der Waals surface area contributed by atoms with Crippen LogP contribution in [0, 0.1) is 0 Å². The molecular formula is C7H14NOSe. The Labute approximate surface area is 70.6 Å². The van der Waals surface area contributed by atoms with Gasteiger partial charge in [0.2, 0.25) is 0 Å². The molecule has 0 aliphatic heterocycles. The molecule has 0 aliphatic rings. The topological polar surface area (TPSA) is 29.1 Å². The molecule has 2 nitrogen and oxygen atoms in total. The normalized spacial score (nSPS) is 13.0. The van der Waals surface area contributed by atoms with Crippen LogP contribution in [0.1, 0.15) is 19.8 Å². The molecule has 59 valence electrons. The zero-order valence-corrected chi connectivity index (χ0v) is 8.01. The summed E-state index contributed by atoms with van der Waals surface area (Å²) in [5.74, 6) is 0. The fourth-order valence-corrected chi connectivity index (χ4v) is 1.02. The SMILES string of the molecule is CCCCN[C@H](C=O)C[Se]. The molecule has 0 bridgehead atoms. The molecule has 1 atom stereocenters. The van der Waals surface area contributed by atoms with E-state index in [2.05, 4.69) is 28.3 Å². The van der Waals surface area contributed by atoms with Crippen LogP contribution in [0.5, 0.6) is 0 Å². The fraction of sp³-hybridized carbons (Fsp3) is 0.857. The first kappa shape index (κ1) is 10.1. The van der Waals surface area contributed by atoms with Gasteiger partial charge < -0.3 is 0 Å². The third-order valence-electron chi connectivity index (χ3n) is 1.28. The van der Waals surface area contributed by atoms with Gasteiger partial charge in [-0.25, -0.2) is 0 Å². The van der Waals surface area contributed by atoms with Crippen molar-refractivity contribution < 1.29 is 4.79 Å². The first-order valence-electron chi connectivity index (χ1n) is 3.62. The van der Waals surface area contributed by atoms with E-state index in [0.717, 1.165) is 24.6 Å². The zero-order valence-electron chi connectivity index (χ0n) is 6.30. The Morgan fingerprint density at radius 3 is 2.80 bits per heavy atom. The van der Waals surface area contributed by atoms with Gasteiger partial charge in [-0.05, 0) is 0 Å². The summed E-state index contributed by atoms with van der Waals surface area (Å²) in [4.78, 5) is 10.2. The number of carbonyl (C=O) groups excluding carboxylic acids is 1. The van der Waals surface area contributed by atoms with Gasteiger partial charge in [-0.2, -0.15) is 0 Å². The second-order valence-electron chi connectivity index (χ2n) is 2.22. The third kappa shape index (κ3) is 4.98. The number of hydrogen-bond acceptors (Lipinski definition) is 2. The number of nitrogens with one attached hydrogen (secondary N) is 1. The van der Waals surface area contributed by atoms with Crippen LogP contribution >= 0.6 is 0 Å². The third-order valence-corrected chi connectivity index (χ3v) is 2.03. The molecule has 0 saturated carbocycles. The van der Waals surface area contributed by atoms with Gasteiger partial charge in [0.25, 0.3) is 0 Å². The Bertz CT molecular complexity index is 87.7. The fourth-order valence-electron chi connectivity index (χ4n) is 0.611. The van der Waals surface area contributed by atoms with Crippen LogP contribution in [0.25, 0.3) is 0 Å². The zero-order chi connectivity index (χ0) is 7.82.